The van der Waals surface area contributed by atoms with Crippen molar-refractivity contribution in [2.75, 3.05) is 6.54 Å². The van der Waals surface area contributed by atoms with Crippen molar-refractivity contribution in [3.8, 4) is 0 Å². The molecule has 0 aromatic carbocycles. The van der Waals surface area contributed by atoms with E-state index in [0.717, 1.165) is 0 Å². The van der Waals surface area contributed by atoms with Crippen LogP contribution in [0, 0.1) is 17.3 Å². The largest absolute Gasteiger partial charge is 0.296 e. The molecule has 98 valence electrons. The fourth-order valence-electron chi connectivity index (χ4n) is 2.48. The number of nitrogens with zero attached hydrogens (tertiary/aromatic N) is 1. The third kappa shape index (κ3) is 2.30. The van der Waals surface area contributed by atoms with Crippen molar-refractivity contribution >= 4 is 17.8 Å². The van der Waals surface area contributed by atoms with Crippen LogP contribution in [-0.4, -0.2) is 24.3 Å². The Morgan fingerprint density at radius 1 is 1.50 bits per heavy atom. The quantitative estimate of drug-likeness (QED) is 0.711. The highest BCUT2D eigenvalue weighted by molar-refractivity contribution is 6.09. The van der Waals surface area contributed by atoms with Gasteiger partial charge in [0.2, 0.25) is 17.8 Å². The maximum absolute atomic E-state index is 12.1. The van der Waals surface area contributed by atoms with E-state index in [9.17, 15) is 9.59 Å². The Kier molecular flexibility index (Phi) is 3.00. The van der Waals surface area contributed by atoms with E-state index < -0.39 is 0 Å². The summed E-state index contributed by atoms with van der Waals surface area (Å²) in [5.74, 6) is 0.251. The number of allylic oxidation sites excluding steroid dienone is 2. The molecule has 0 bridgehead atoms. The Morgan fingerprint density at radius 2 is 2.17 bits per heavy atom. The molecule has 0 unspecified atom stereocenters. The zero-order chi connectivity index (χ0) is 13.5. The summed E-state index contributed by atoms with van der Waals surface area (Å²) in [5.41, 5.74) is 1.19. The van der Waals surface area contributed by atoms with E-state index in [4.69, 9.17) is 0 Å². The van der Waals surface area contributed by atoms with Crippen LogP contribution in [0.3, 0.4) is 0 Å². The van der Waals surface area contributed by atoms with Crippen LogP contribution in [0.15, 0.2) is 16.6 Å². The number of amides is 2. The van der Waals surface area contributed by atoms with Gasteiger partial charge in [0, 0.05) is 0 Å². The SMILES string of the molecule is CC(C)=C[C@@H]1[C@@H](C(=O)NC2=NCC(=O)N2)C1(C)C. The van der Waals surface area contributed by atoms with Gasteiger partial charge in [-0.05, 0) is 25.2 Å². The number of rotatable bonds is 2. The minimum absolute atomic E-state index is 0.0233. The summed E-state index contributed by atoms with van der Waals surface area (Å²) in [6.45, 7) is 8.32. The molecule has 0 aromatic rings. The highest BCUT2D eigenvalue weighted by atomic mass is 16.2. The second kappa shape index (κ2) is 4.23. The molecule has 18 heavy (non-hydrogen) atoms. The van der Waals surface area contributed by atoms with Gasteiger partial charge in [0.1, 0.15) is 6.54 Å². The number of carbonyl (C=O) groups excluding carboxylic acids is 2. The van der Waals surface area contributed by atoms with E-state index >= 15 is 0 Å². The second-order valence-corrected chi connectivity index (χ2v) is 5.77. The van der Waals surface area contributed by atoms with Gasteiger partial charge in [-0.25, -0.2) is 4.99 Å². The van der Waals surface area contributed by atoms with Gasteiger partial charge in [-0.3, -0.25) is 20.2 Å². The van der Waals surface area contributed by atoms with Gasteiger partial charge in [-0.1, -0.05) is 25.5 Å². The maximum Gasteiger partial charge on any atom is 0.248 e. The molecule has 1 heterocycles. The Balaban J connectivity index is 1.99. The molecule has 0 radical (unpaired) electrons. The first-order valence-corrected chi connectivity index (χ1v) is 6.12. The highest BCUT2D eigenvalue weighted by Crippen LogP contribution is 2.59. The average Bonchev–Trinajstić information content (AvgIpc) is 2.56. The van der Waals surface area contributed by atoms with Crippen molar-refractivity contribution in [1.82, 2.24) is 10.6 Å². The highest BCUT2D eigenvalue weighted by Gasteiger charge is 2.60. The van der Waals surface area contributed by atoms with Crippen LogP contribution in [0.5, 0.6) is 0 Å². The van der Waals surface area contributed by atoms with Crippen molar-refractivity contribution in [2.45, 2.75) is 27.7 Å². The molecule has 2 rings (SSSR count). The van der Waals surface area contributed by atoms with Gasteiger partial charge in [0.25, 0.3) is 0 Å². The zero-order valence-electron chi connectivity index (χ0n) is 11.2. The van der Waals surface area contributed by atoms with Crippen LogP contribution in [0.1, 0.15) is 27.7 Å². The van der Waals surface area contributed by atoms with Crippen molar-refractivity contribution in [3.05, 3.63) is 11.6 Å². The first-order valence-electron chi connectivity index (χ1n) is 6.12. The second-order valence-electron chi connectivity index (χ2n) is 5.77. The minimum atomic E-state index is -0.179. The summed E-state index contributed by atoms with van der Waals surface area (Å²) in [7, 11) is 0. The molecule has 0 aromatic heterocycles. The lowest BCUT2D eigenvalue weighted by atomic mass is 10.1. The molecule has 1 fully saturated rings. The van der Waals surface area contributed by atoms with E-state index in [1.54, 1.807) is 0 Å². The molecule has 2 N–H and O–H groups in total. The normalized spacial score (nSPS) is 28.2. The molecule has 0 spiro atoms. The average molecular weight is 249 g/mol. The number of nitrogens with one attached hydrogen (secondary N) is 2. The maximum atomic E-state index is 12.1. The third-order valence-corrected chi connectivity index (χ3v) is 3.59. The van der Waals surface area contributed by atoms with E-state index in [0.29, 0.717) is 0 Å². The molecular formula is C13H19N3O2. The predicted molar refractivity (Wildman–Crippen MR) is 68.8 cm³/mol. The summed E-state index contributed by atoms with van der Waals surface area (Å²) >= 11 is 0. The van der Waals surface area contributed by atoms with Crippen LogP contribution in [-0.2, 0) is 9.59 Å². The summed E-state index contributed by atoms with van der Waals surface area (Å²) < 4.78 is 0. The Hall–Kier alpha value is -1.65. The summed E-state index contributed by atoms with van der Waals surface area (Å²) in [6.07, 6.45) is 2.14. The van der Waals surface area contributed by atoms with Gasteiger partial charge >= 0.3 is 0 Å². The Morgan fingerprint density at radius 3 is 2.67 bits per heavy atom. The van der Waals surface area contributed by atoms with Crippen molar-refractivity contribution in [3.63, 3.8) is 0 Å². The van der Waals surface area contributed by atoms with E-state index in [-0.39, 0.29) is 41.6 Å². The first-order chi connectivity index (χ1) is 8.32. The molecule has 2 aliphatic rings. The van der Waals surface area contributed by atoms with Crippen LogP contribution in [0.2, 0.25) is 0 Å². The van der Waals surface area contributed by atoms with Crippen LogP contribution < -0.4 is 10.6 Å². The first kappa shape index (κ1) is 12.8. The molecule has 1 saturated carbocycles. The molecule has 2 atom stereocenters. The smallest absolute Gasteiger partial charge is 0.248 e. The fraction of sp³-hybridized carbons (Fsp3) is 0.615. The lowest BCUT2D eigenvalue weighted by Crippen LogP contribution is -2.41. The fourth-order valence-corrected chi connectivity index (χ4v) is 2.48. The standard InChI is InChI=1S/C13H19N3O2/c1-7(2)5-8-10(13(8,3)4)11(18)16-12-14-6-9(17)15-12/h5,8,10H,6H2,1-4H3,(H2,14,15,16,17,18)/t8-,10+/m1/s1. The summed E-state index contributed by atoms with van der Waals surface area (Å²) in [6, 6.07) is 0. The Bertz CT molecular complexity index is 459. The lowest BCUT2D eigenvalue weighted by molar-refractivity contribution is -0.121. The molecule has 5 heteroatoms. The van der Waals surface area contributed by atoms with Crippen molar-refractivity contribution in [1.29, 1.82) is 0 Å². The number of hydrogen-bond acceptors (Lipinski definition) is 3. The van der Waals surface area contributed by atoms with Gasteiger partial charge < -0.3 is 0 Å². The molecule has 5 nitrogen and oxygen atoms in total. The molecular weight excluding hydrogens is 230 g/mol. The minimum Gasteiger partial charge on any atom is -0.296 e. The number of guanidine groups is 1. The van der Waals surface area contributed by atoms with Gasteiger partial charge in [-0.15, -0.1) is 0 Å². The van der Waals surface area contributed by atoms with Crippen LogP contribution in [0.25, 0.3) is 0 Å². The molecule has 1 aliphatic carbocycles. The molecule has 2 amide bonds. The van der Waals surface area contributed by atoms with Crippen LogP contribution in [0.4, 0.5) is 0 Å². The van der Waals surface area contributed by atoms with Crippen LogP contribution >= 0.6 is 0 Å². The topological polar surface area (TPSA) is 70.6 Å². The molecule has 0 saturated heterocycles. The predicted octanol–water partition coefficient (Wildman–Crippen LogP) is 0.827. The van der Waals surface area contributed by atoms with E-state index in [1.165, 1.54) is 5.57 Å². The van der Waals surface area contributed by atoms with Gasteiger partial charge in [0.15, 0.2) is 0 Å². The number of hydrogen-bond donors (Lipinski definition) is 2. The number of carbonyl (C=O) groups is 2. The Labute approximate surface area is 107 Å². The monoisotopic (exact) mass is 249 g/mol. The lowest BCUT2D eigenvalue weighted by Gasteiger charge is -2.05. The summed E-state index contributed by atoms with van der Waals surface area (Å²) in [4.78, 5) is 27.0. The number of aliphatic imine (C=N–C) groups is 1. The van der Waals surface area contributed by atoms with E-state index in [1.807, 2.05) is 13.8 Å². The summed E-state index contributed by atoms with van der Waals surface area (Å²) in [5, 5.41) is 5.19. The van der Waals surface area contributed by atoms with Crippen molar-refractivity contribution in [2.24, 2.45) is 22.2 Å². The van der Waals surface area contributed by atoms with E-state index in [2.05, 4.69) is 35.5 Å². The third-order valence-electron chi connectivity index (χ3n) is 3.59. The van der Waals surface area contributed by atoms with Crippen molar-refractivity contribution < 1.29 is 9.59 Å². The molecule has 1 aliphatic heterocycles. The zero-order valence-corrected chi connectivity index (χ0v) is 11.2. The van der Waals surface area contributed by atoms with Gasteiger partial charge in [0.05, 0.1) is 5.92 Å². The van der Waals surface area contributed by atoms with Gasteiger partial charge in [-0.2, -0.15) is 0 Å².